The molecule has 0 bridgehead atoms. The Labute approximate surface area is 190 Å². The highest BCUT2D eigenvalue weighted by atomic mass is 19.1. The number of benzene rings is 2. The molecule has 0 heterocycles. The molecule has 0 radical (unpaired) electrons. The number of methoxy groups -OCH3 is 1. The van der Waals surface area contributed by atoms with Crippen LogP contribution in [0.3, 0.4) is 0 Å². The molecule has 0 spiro atoms. The molecule has 4 rings (SSSR count). The van der Waals surface area contributed by atoms with Crippen LogP contribution in [0.15, 0.2) is 66.3 Å². The summed E-state index contributed by atoms with van der Waals surface area (Å²) in [4.78, 5) is 0. The fraction of sp³-hybridized carbons (Fsp3) is 0.267. The lowest BCUT2D eigenvalue weighted by atomic mass is 9.89. The van der Waals surface area contributed by atoms with Gasteiger partial charge in [-0.2, -0.15) is 0 Å². The number of hydrogen-bond acceptors (Lipinski definition) is 1. The maximum absolute atomic E-state index is 15.7. The number of halogens is 1. The predicted molar refractivity (Wildman–Crippen MR) is 130 cm³/mol. The summed E-state index contributed by atoms with van der Waals surface area (Å²) in [6, 6.07) is 11.2. The fourth-order valence-electron chi connectivity index (χ4n) is 3.93. The quantitative estimate of drug-likeness (QED) is 0.471. The van der Waals surface area contributed by atoms with Gasteiger partial charge in [-0.25, -0.2) is 4.39 Å². The van der Waals surface area contributed by atoms with Crippen molar-refractivity contribution in [3.63, 3.8) is 0 Å². The lowest BCUT2D eigenvalue weighted by Gasteiger charge is -2.16. The number of ether oxygens (including phenoxy) is 1. The van der Waals surface area contributed by atoms with Crippen LogP contribution in [0.4, 0.5) is 4.39 Å². The third-order valence-electron chi connectivity index (χ3n) is 5.84. The lowest BCUT2D eigenvalue weighted by Crippen LogP contribution is -2.01. The van der Waals surface area contributed by atoms with Crippen LogP contribution in [-0.2, 0) is 0 Å². The smallest absolute Gasteiger partial charge is 0.147 e. The minimum atomic E-state index is -0.263. The summed E-state index contributed by atoms with van der Waals surface area (Å²) >= 11 is 0. The summed E-state index contributed by atoms with van der Waals surface area (Å²) in [5.41, 5.74) is 4.60. The van der Waals surface area contributed by atoms with E-state index in [0.29, 0.717) is 22.6 Å². The molecule has 1 atom stereocenters. The van der Waals surface area contributed by atoms with Crippen LogP contribution in [-0.4, -0.2) is 7.11 Å². The SMILES string of the molecule is COc1ccc(C#Cc2ccc(C#CC3=CCC(C)C=C3)c(F)c2C2=CCCCC2)cc1. The molecule has 0 aromatic heterocycles. The maximum atomic E-state index is 15.7. The van der Waals surface area contributed by atoms with Crippen molar-refractivity contribution in [3.05, 3.63) is 94.3 Å². The molecule has 0 amide bonds. The van der Waals surface area contributed by atoms with E-state index in [1.165, 1.54) is 0 Å². The third-order valence-corrected chi connectivity index (χ3v) is 5.84. The fourth-order valence-corrected chi connectivity index (χ4v) is 3.93. The first-order valence-electron chi connectivity index (χ1n) is 11.2. The molecular formula is C30H27FO. The van der Waals surface area contributed by atoms with Crippen molar-refractivity contribution < 1.29 is 9.13 Å². The molecule has 2 heteroatoms. The van der Waals surface area contributed by atoms with Crippen molar-refractivity contribution in [2.24, 2.45) is 5.92 Å². The van der Waals surface area contributed by atoms with Crippen LogP contribution in [0.2, 0.25) is 0 Å². The molecule has 0 saturated heterocycles. The van der Waals surface area contributed by atoms with Crippen LogP contribution in [0.1, 0.15) is 61.3 Å². The zero-order valence-corrected chi connectivity index (χ0v) is 18.7. The first-order valence-corrected chi connectivity index (χ1v) is 11.2. The predicted octanol–water partition coefficient (Wildman–Crippen LogP) is 7.07. The van der Waals surface area contributed by atoms with Crippen molar-refractivity contribution >= 4 is 5.57 Å². The topological polar surface area (TPSA) is 9.23 Å². The van der Waals surface area contributed by atoms with Crippen LogP contribution >= 0.6 is 0 Å². The number of rotatable bonds is 2. The summed E-state index contributed by atoms with van der Waals surface area (Å²) in [7, 11) is 1.64. The summed E-state index contributed by atoms with van der Waals surface area (Å²) in [5, 5.41) is 0. The van der Waals surface area contributed by atoms with E-state index in [9.17, 15) is 0 Å². The van der Waals surface area contributed by atoms with E-state index in [2.05, 4.69) is 48.8 Å². The third kappa shape index (κ3) is 5.22. The van der Waals surface area contributed by atoms with Crippen molar-refractivity contribution in [3.8, 4) is 29.4 Å². The summed E-state index contributed by atoms with van der Waals surface area (Å²) in [5.74, 6) is 13.6. The molecule has 2 aliphatic rings. The van der Waals surface area contributed by atoms with Gasteiger partial charge < -0.3 is 4.74 Å². The van der Waals surface area contributed by atoms with E-state index in [-0.39, 0.29) is 5.82 Å². The average molecular weight is 423 g/mol. The minimum absolute atomic E-state index is 0.263. The first-order chi connectivity index (χ1) is 15.6. The normalized spacial score (nSPS) is 17.3. The zero-order valence-electron chi connectivity index (χ0n) is 18.7. The highest BCUT2D eigenvalue weighted by Crippen LogP contribution is 2.32. The second-order valence-corrected chi connectivity index (χ2v) is 8.28. The Morgan fingerprint density at radius 2 is 1.69 bits per heavy atom. The summed E-state index contributed by atoms with van der Waals surface area (Å²) in [6.45, 7) is 2.17. The Morgan fingerprint density at radius 3 is 2.38 bits per heavy atom. The number of hydrogen-bond donors (Lipinski definition) is 0. The molecule has 0 N–H and O–H groups in total. The van der Waals surface area contributed by atoms with Gasteiger partial charge >= 0.3 is 0 Å². The molecule has 160 valence electrons. The summed E-state index contributed by atoms with van der Waals surface area (Å²) in [6.07, 6.45) is 13.5. The van der Waals surface area contributed by atoms with E-state index < -0.39 is 0 Å². The average Bonchev–Trinajstić information content (AvgIpc) is 2.84. The van der Waals surface area contributed by atoms with Crippen molar-refractivity contribution in [2.45, 2.75) is 39.0 Å². The van der Waals surface area contributed by atoms with Crippen molar-refractivity contribution in [1.29, 1.82) is 0 Å². The molecule has 0 aliphatic heterocycles. The van der Waals surface area contributed by atoms with Gasteiger partial charge in [0.15, 0.2) is 0 Å². The molecule has 1 unspecified atom stereocenters. The molecular weight excluding hydrogens is 395 g/mol. The highest BCUT2D eigenvalue weighted by Gasteiger charge is 2.17. The van der Waals surface area contributed by atoms with Gasteiger partial charge in [0.25, 0.3) is 0 Å². The minimum Gasteiger partial charge on any atom is -0.497 e. The number of allylic oxidation sites excluding steroid dienone is 6. The van der Waals surface area contributed by atoms with Gasteiger partial charge in [0.1, 0.15) is 11.6 Å². The van der Waals surface area contributed by atoms with Crippen molar-refractivity contribution in [2.75, 3.05) is 7.11 Å². The lowest BCUT2D eigenvalue weighted by molar-refractivity contribution is 0.415. The Hall–Kier alpha value is -3.49. The first kappa shape index (κ1) is 21.7. The van der Waals surface area contributed by atoms with Crippen molar-refractivity contribution in [1.82, 2.24) is 0 Å². The Balaban J connectivity index is 1.71. The van der Waals surface area contributed by atoms with Gasteiger partial charge in [-0.05, 0) is 80.0 Å². The second-order valence-electron chi connectivity index (χ2n) is 8.28. The van der Waals surface area contributed by atoms with E-state index in [4.69, 9.17) is 4.74 Å². The van der Waals surface area contributed by atoms with Crippen LogP contribution in [0, 0.1) is 35.4 Å². The molecule has 2 aromatic rings. The van der Waals surface area contributed by atoms with Gasteiger partial charge in [0, 0.05) is 22.3 Å². The van der Waals surface area contributed by atoms with Gasteiger partial charge in [0.05, 0.1) is 12.7 Å². The molecule has 1 nitrogen and oxygen atoms in total. The molecule has 2 aliphatic carbocycles. The van der Waals surface area contributed by atoms with E-state index in [1.807, 2.05) is 36.4 Å². The Bertz CT molecular complexity index is 1200. The maximum Gasteiger partial charge on any atom is 0.147 e. The van der Waals surface area contributed by atoms with E-state index in [0.717, 1.165) is 54.6 Å². The largest absolute Gasteiger partial charge is 0.497 e. The van der Waals surface area contributed by atoms with E-state index >= 15 is 4.39 Å². The highest BCUT2D eigenvalue weighted by molar-refractivity contribution is 5.74. The van der Waals surface area contributed by atoms with Gasteiger partial charge in [-0.15, -0.1) is 0 Å². The van der Waals surface area contributed by atoms with Gasteiger partial charge in [-0.1, -0.05) is 54.9 Å². The Kier molecular flexibility index (Phi) is 6.94. The van der Waals surface area contributed by atoms with E-state index in [1.54, 1.807) is 13.2 Å². The van der Waals surface area contributed by atoms with Crippen LogP contribution in [0.25, 0.3) is 5.57 Å². The van der Waals surface area contributed by atoms with Crippen LogP contribution in [0.5, 0.6) is 5.75 Å². The molecule has 0 saturated carbocycles. The molecule has 32 heavy (non-hydrogen) atoms. The Morgan fingerprint density at radius 1 is 0.906 bits per heavy atom. The van der Waals surface area contributed by atoms with Crippen LogP contribution < -0.4 is 4.74 Å². The van der Waals surface area contributed by atoms with Gasteiger partial charge in [-0.3, -0.25) is 0 Å². The standard InChI is InChI=1S/C30H27FO/c1-22-8-10-23(11-9-22)13-17-27-19-18-26(16-12-24-14-20-28(32-2)21-15-24)29(30(27)31)25-6-4-3-5-7-25/h6,8,10-11,14-15,18-22H,3-5,7,9H2,1-2H3. The summed E-state index contributed by atoms with van der Waals surface area (Å²) < 4.78 is 20.9. The van der Waals surface area contributed by atoms with Gasteiger partial charge in [0.2, 0.25) is 0 Å². The second kappa shape index (κ2) is 10.2. The zero-order chi connectivity index (χ0) is 22.3. The molecule has 0 fully saturated rings. The monoisotopic (exact) mass is 422 g/mol. The molecule has 2 aromatic carbocycles.